The lowest BCUT2D eigenvalue weighted by atomic mass is 10.1. The Bertz CT molecular complexity index is 1250. The molecule has 0 aromatic heterocycles. The molecule has 1 N–H and O–H groups in total. The normalized spacial score (nSPS) is 12.1. The molecule has 3 aromatic carbocycles. The van der Waals surface area contributed by atoms with Crippen LogP contribution in [0.2, 0.25) is 0 Å². The van der Waals surface area contributed by atoms with Crippen LogP contribution in [-0.2, 0) is 20.5 Å². The molecule has 0 saturated heterocycles. The molecule has 0 saturated carbocycles. The predicted molar refractivity (Wildman–Crippen MR) is 130 cm³/mol. The van der Waals surface area contributed by atoms with E-state index in [2.05, 4.69) is 5.32 Å². The van der Waals surface area contributed by atoms with Crippen LogP contribution >= 0.6 is 0 Å². The third kappa shape index (κ3) is 7.03. The van der Waals surface area contributed by atoms with Gasteiger partial charge in [0.15, 0.2) is 11.5 Å². The lowest BCUT2D eigenvalue weighted by molar-refractivity contribution is -0.149. The van der Waals surface area contributed by atoms with E-state index < -0.39 is 29.7 Å². The molecular weight excluding hydrogens is 491 g/mol. The smallest absolute Gasteiger partial charge is 0.416 e. The SMILES string of the molecule is COc1cc(/C=C/C(=O)OC(C(=O)Nc2cccc(C(F)(F)F)c2)c2ccccc2)cc(OC)c1OC. The second-order valence-electron chi connectivity index (χ2n) is 7.59. The molecule has 1 amide bonds. The first-order valence-electron chi connectivity index (χ1n) is 10.9. The number of anilines is 1. The van der Waals surface area contributed by atoms with Gasteiger partial charge in [-0.05, 0) is 42.0 Å². The summed E-state index contributed by atoms with van der Waals surface area (Å²) >= 11 is 0. The molecular formula is C27H24F3NO6. The highest BCUT2D eigenvalue weighted by atomic mass is 19.4. The molecule has 0 radical (unpaired) electrons. The number of rotatable bonds is 9. The molecule has 0 spiro atoms. The van der Waals surface area contributed by atoms with Gasteiger partial charge in [-0.3, -0.25) is 4.79 Å². The minimum Gasteiger partial charge on any atom is -0.493 e. The van der Waals surface area contributed by atoms with Gasteiger partial charge < -0.3 is 24.3 Å². The Kier molecular flexibility index (Phi) is 8.78. The fraction of sp³-hybridized carbons (Fsp3) is 0.185. The summed E-state index contributed by atoms with van der Waals surface area (Å²) in [7, 11) is 4.36. The lowest BCUT2D eigenvalue weighted by Crippen LogP contribution is -2.25. The number of carbonyl (C=O) groups excluding carboxylic acids is 2. The van der Waals surface area contributed by atoms with Crippen LogP contribution in [0.25, 0.3) is 6.08 Å². The summed E-state index contributed by atoms with van der Waals surface area (Å²) in [5.74, 6) is -0.558. The Hall–Kier alpha value is -4.47. The third-order valence-corrected chi connectivity index (χ3v) is 5.13. The van der Waals surface area contributed by atoms with Crippen molar-refractivity contribution < 1.29 is 41.7 Å². The van der Waals surface area contributed by atoms with E-state index in [0.29, 0.717) is 28.4 Å². The summed E-state index contributed by atoms with van der Waals surface area (Å²) in [5.41, 5.74) is -0.158. The number of esters is 1. The average molecular weight is 515 g/mol. The fourth-order valence-corrected chi connectivity index (χ4v) is 3.40. The van der Waals surface area contributed by atoms with Crippen molar-refractivity contribution in [2.45, 2.75) is 12.3 Å². The summed E-state index contributed by atoms with van der Waals surface area (Å²) in [4.78, 5) is 25.6. The van der Waals surface area contributed by atoms with E-state index in [4.69, 9.17) is 18.9 Å². The molecule has 3 aromatic rings. The van der Waals surface area contributed by atoms with Crippen LogP contribution in [0.3, 0.4) is 0 Å². The van der Waals surface area contributed by atoms with Gasteiger partial charge in [0.25, 0.3) is 5.91 Å². The quantitative estimate of drug-likeness (QED) is 0.292. The first kappa shape index (κ1) is 27.1. The van der Waals surface area contributed by atoms with Crippen LogP contribution in [0.15, 0.2) is 72.8 Å². The summed E-state index contributed by atoms with van der Waals surface area (Å²) in [6, 6.07) is 15.5. The van der Waals surface area contributed by atoms with E-state index in [1.807, 2.05) is 0 Å². The topological polar surface area (TPSA) is 83.1 Å². The predicted octanol–water partition coefficient (Wildman–Crippen LogP) is 5.67. The van der Waals surface area contributed by atoms with E-state index in [-0.39, 0.29) is 5.69 Å². The van der Waals surface area contributed by atoms with Crippen LogP contribution in [0.1, 0.15) is 22.8 Å². The fourth-order valence-electron chi connectivity index (χ4n) is 3.40. The van der Waals surface area contributed by atoms with Crippen molar-refractivity contribution in [3.8, 4) is 17.2 Å². The number of alkyl halides is 3. The first-order valence-corrected chi connectivity index (χ1v) is 10.9. The number of amides is 1. The van der Waals surface area contributed by atoms with Crippen molar-refractivity contribution in [3.05, 3.63) is 89.5 Å². The maximum absolute atomic E-state index is 13.1. The average Bonchev–Trinajstić information content (AvgIpc) is 2.89. The zero-order valence-corrected chi connectivity index (χ0v) is 20.2. The van der Waals surface area contributed by atoms with E-state index >= 15 is 0 Å². The second kappa shape index (κ2) is 12.0. The number of halogens is 3. The van der Waals surface area contributed by atoms with Crippen molar-refractivity contribution in [2.24, 2.45) is 0 Å². The Labute approximate surface area is 211 Å². The van der Waals surface area contributed by atoms with Crippen LogP contribution < -0.4 is 19.5 Å². The second-order valence-corrected chi connectivity index (χ2v) is 7.59. The monoisotopic (exact) mass is 515 g/mol. The van der Waals surface area contributed by atoms with Crippen LogP contribution in [-0.4, -0.2) is 33.2 Å². The molecule has 37 heavy (non-hydrogen) atoms. The standard InChI is InChI=1S/C27H24F3NO6/c1-34-21-14-17(15-22(35-2)25(21)36-3)12-13-23(32)37-24(18-8-5-4-6-9-18)26(33)31-20-11-7-10-19(16-20)27(28,29)30/h4-16,24H,1-3H3,(H,31,33)/b13-12+. The molecule has 0 aliphatic heterocycles. The van der Waals surface area contributed by atoms with E-state index in [9.17, 15) is 22.8 Å². The molecule has 0 aliphatic rings. The Morgan fingerprint density at radius 3 is 2.08 bits per heavy atom. The van der Waals surface area contributed by atoms with Crippen molar-refractivity contribution in [3.63, 3.8) is 0 Å². The van der Waals surface area contributed by atoms with Gasteiger partial charge in [0.1, 0.15) is 0 Å². The highest BCUT2D eigenvalue weighted by Gasteiger charge is 2.31. The number of ether oxygens (including phenoxy) is 4. The molecule has 0 fully saturated rings. The molecule has 10 heteroatoms. The van der Waals surface area contributed by atoms with Crippen molar-refractivity contribution in [1.29, 1.82) is 0 Å². The summed E-state index contributed by atoms with van der Waals surface area (Å²) < 4.78 is 60.4. The molecule has 1 atom stereocenters. The van der Waals surface area contributed by atoms with Crippen LogP contribution in [0, 0.1) is 0 Å². The van der Waals surface area contributed by atoms with Crippen molar-refractivity contribution in [1.82, 2.24) is 0 Å². The lowest BCUT2D eigenvalue weighted by Gasteiger charge is -2.18. The van der Waals surface area contributed by atoms with E-state index in [1.165, 1.54) is 39.5 Å². The Morgan fingerprint density at radius 1 is 0.865 bits per heavy atom. The molecule has 7 nitrogen and oxygen atoms in total. The van der Waals surface area contributed by atoms with E-state index in [0.717, 1.165) is 18.2 Å². The summed E-state index contributed by atoms with van der Waals surface area (Å²) in [5, 5.41) is 2.39. The van der Waals surface area contributed by atoms with Gasteiger partial charge in [-0.15, -0.1) is 0 Å². The number of nitrogens with one attached hydrogen (secondary N) is 1. The highest BCUT2D eigenvalue weighted by Crippen LogP contribution is 2.38. The van der Waals surface area contributed by atoms with Gasteiger partial charge in [0.05, 0.1) is 26.9 Å². The zero-order valence-electron chi connectivity index (χ0n) is 20.2. The van der Waals surface area contributed by atoms with Gasteiger partial charge >= 0.3 is 12.1 Å². The minimum atomic E-state index is -4.58. The summed E-state index contributed by atoms with van der Waals surface area (Å²) in [6.45, 7) is 0. The zero-order chi connectivity index (χ0) is 27.0. The molecule has 194 valence electrons. The maximum atomic E-state index is 13.1. The molecule has 0 bridgehead atoms. The van der Waals surface area contributed by atoms with Gasteiger partial charge in [-0.2, -0.15) is 13.2 Å². The number of hydrogen-bond donors (Lipinski definition) is 1. The molecule has 1 unspecified atom stereocenters. The van der Waals surface area contributed by atoms with Crippen molar-refractivity contribution >= 4 is 23.6 Å². The highest BCUT2D eigenvalue weighted by molar-refractivity contribution is 5.97. The molecule has 0 aliphatic carbocycles. The largest absolute Gasteiger partial charge is 0.493 e. The number of benzene rings is 3. The number of carbonyl (C=O) groups is 2. The molecule has 3 rings (SSSR count). The first-order chi connectivity index (χ1) is 17.7. The summed E-state index contributed by atoms with van der Waals surface area (Å²) in [6.07, 6.45) is -3.47. The van der Waals surface area contributed by atoms with Crippen LogP contribution in [0.4, 0.5) is 18.9 Å². The van der Waals surface area contributed by atoms with Crippen LogP contribution in [0.5, 0.6) is 17.2 Å². The number of hydrogen-bond acceptors (Lipinski definition) is 6. The molecule has 0 heterocycles. The van der Waals surface area contributed by atoms with Gasteiger partial charge in [0, 0.05) is 17.3 Å². The third-order valence-electron chi connectivity index (χ3n) is 5.13. The van der Waals surface area contributed by atoms with Gasteiger partial charge in [-0.1, -0.05) is 36.4 Å². The number of methoxy groups -OCH3 is 3. The Morgan fingerprint density at radius 2 is 1.51 bits per heavy atom. The van der Waals surface area contributed by atoms with Gasteiger partial charge in [0.2, 0.25) is 11.9 Å². The maximum Gasteiger partial charge on any atom is 0.416 e. The van der Waals surface area contributed by atoms with Crippen molar-refractivity contribution in [2.75, 3.05) is 26.6 Å². The van der Waals surface area contributed by atoms with E-state index in [1.54, 1.807) is 42.5 Å². The minimum absolute atomic E-state index is 0.0928. The Balaban J connectivity index is 1.82. The van der Waals surface area contributed by atoms with Gasteiger partial charge in [-0.25, -0.2) is 4.79 Å².